The van der Waals surface area contributed by atoms with Crippen molar-refractivity contribution < 1.29 is 9.59 Å². The number of likely N-dealkylation sites (N-methyl/N-ethyl adjacent to an activating group) is 1. The molecule has 2 amide bonds. The van der Waals surface area contributed by atoms with Crippen LogP contribution < -0.4 is 10.6 Å². The molecule has 0 aliphatic rings. The van der Waals surface area contributed by atoms with E-state index < -0.39 is 0 Å². The fourth-order valence-corrected chi connectivity index (χ4v) is 3.25. The second-order valence-electron chi connectivity index (χ2n) is 5.79. The topological polar surface area (TPSA) is 74.3 Å². The maximum Gasteiger partial charge on any atom is 0.240 e. The molecular weight excluding hydrogens is 395 g/mol. The Morgan fingerprint density at radius 2 is 2.04 bits per heavy atom. The van der Waals surface area contributed by atoms with Crippen molar-refractivity contribution in [3.63, 3.8) is 0 Å². The molecule has 2 rings (SSSR count). The number of nitrogens with one attached hydrogen (secondary N) is 2. The number of amides is 2. The van der Waals surface area contributed by atoms with Gasteiger partial charge >= 0.3 is 0 Å². The van der Waals surface area contributed by atoms with Gasteiger partial charge in [0.05, 0.1) is 22.3 Å². The maximum absolute atomic E-state index is 12.1. The molecule has 1 aromatic heterocycles. The van der Waals surface area contributed by atoms with Crippen LogP contribution in [0.5, 0.6) is 0 Å². The normalized spacial score (nSPS) is 10.8. The van der Waals surface area contributed by atoms with Gasteiger partial charge in [-0.1, -0.05) is 29.3 Å². The second kappa shape index (κ2) is 9.87. The molecule has 1 heterocycles. The smallest absolute Gasteiger partial charge is 0.240 e. The highest BCUT2D eigenvalue weighted by Gasteiger charge is 2.11. The van der Waals surface area contributed by atoms with Gasteiger partial charge in [0.2, 0.25) is 11.8 Å². The van der Waals surface area contributed by atoms with Crippen LogP contribution in [0.2, 0.25) is 10.0 Å². The number of carbonyl (C=O) groups excluding carboxylic acids is 2. The van der Waals surface area contributed by atoms with Crippen LogP contribution in [0.25, 0.3) is 11.3 Å². The van der Waals surface area contributed by atoms with E-state index in [2.05, 4.69) is 15.6 Å². The molecule has 0 fully saturated rings. The van der Waals surface area contributed by atoms with Crippen LogP contribution in [0.1, 0.15) is 13.3 Å². The van der Waals surface area contributed by atoms with E-state index >= 15 is 0 Å². The summed E-state index contributed by atoms with van der Waals surface area (Å²) in [6, 6.07) is 5.29. The zero-order valence-electron chi connectivity index (χ0n) is 14.5. The summed E-state index contributed by atoms with van der Waals surface area (Å²) in [5.74, 6) is -0.186. The lowest BCUT2D eigenvalue weighted by molar-refractivity contribution is -0.119. The molecule has 1 aromatic carbocycles. The molecule has 0 atom stereocenters. The molecule has 0 bridgehead atoms. The van der Waals surface area contributed by atoms with Crippen molar-refractivity contribution in [2.24, 2.45) is 0 Å². The minimum Gasteiger partial charge on any atom is -0.356 e. The molecule has 6 nitrogen and oxygen atoms in total. The number of anilines is 1. The zero-order chi connectivity index (χ0) is 19.1. The highest BCUT2D eigenvalue weighted by Crippen LogP contribution is 2.30. The number of benzene rings is 1. The molecule has 2 aromatic rings. The lowest BCUT2D eigenvalue weighted by Gasteiger charge is -2.15. The third kappa shape index (κ3) is 6.57. The summed E-state index contributed by atoms with van der Waals surface area (Å²) in [5, 5.41) is 8.86. The van der Waals surface area contributed by atoms with Gasteiger partial charge in [-0.2, -0.15) is 0 Å². The van der Waals surface area contributed by atoms with E-state index in [1.165, 1.54) is 18.3 Å². The number of rotatable bonds is 8. The number of halogens is 2. The third-order valence-electron chi connectivity index (χ3n) is 3.47. The maximum atomic E-state index is 12.1. The number of aromatic nitrogens is 1. The second-order valence-corrected chi connectivity index (χ2v) is 7.46. The molecule has 0 aliphatic heterocycles. The van der Waals surface area contributed by atoms with Crippen LogP contribution in [0.15, 0.2) is 23.6 Å². The Balaban J connectivity index is 1.83. The third-order valence-corrected chi connectivity index (χ3v) is 4.97. The molecule has 0 aliphatic carbocycles. The van der Waals surface area contributed by atoms with Crippen molar-refractivity contribution in [3.05, 3.63) is 33.6 Å². The van der Waals surface area contributed by atoms with Gasteiger partial charge in [-0.3, -0.25) is 14.5 Å². The first-order valence-electron chi connectivity index (χ1n) is 7.99. The number of thiazole rings is 1. The van der Waals surface area contributed by atoms with Crippen molar-refractivity contribution in [2.75, 3.05) is 32.0 Å². The Kier molecular flexibility index (Phi) is 7.84. The van der Waals surface area contributed by atoms with E-state index in [-0.39, 0.29) is 18.4 Å². The Hall–Kier alpha value is -1.67. The van der Waals surface area contributed by atoms with Crippen LogP contribution in [0.4, 0.5) is 5.13 Å². The molecule has 140 valence electrons. The molecule has 2 N–H and O–H groups in total. The predicted molar refractivity (Wildman–Crippen MR) is 107 cm³/mol. The highest BCUT2D eigenvalue weighted by molar-refractivity contribution is 7.14. The van der Waals surface area contributed by atoms with E-state index in [4.69, 9.17) is 23.2 Å². The Morgan fingerprint density at radius 1 is 1.27 bits per heavy atom. The van der Waals surface area contributed by atoms with E-state index in [1.54, 1.807) is 12.1 Å². The summed E-state index contributed by atoms with van der Waals surface area (Å²) in [4.78, 5) is 29.2. The number of carbonyl (C=O) groups is 2. The van der Waals surface area contributed by atoms with Gasteiger partial charge in [0, 0.05) is 31.0 Å². The van der Waals surface area contributed by atoms with Gasteiger partial charge < -0.3 is 10.6 Å². The standard InChI is InChI=1S/C17H20Cl2N4O2S/c1-11(24)20-6-3-7-23(2)9-16(25)22-17-21-15(10-26-17)12-4-5-13(18)14(19)8-12/h4-5,8,10H,3,6-7,9H2,1-2H3,(H,20,24)(H,21,22,25). The number of hydrogen-bond acceptors (Lipinski definition) is 5. The van der Waals surface area contributed by atoms with Crippen LogP contribution in [0, 0.1) is 0 Å². The molecule has 0 radical (unpaired) electrons. The average Bonchev–Trinajstić information content (AvgIpc) is 3.02. The highest BCUT2D eigenvalue weighted by atomic mass is 35.5. The largest absolute Gasteiger partial charge is 0.356 e. The first kappa shape index (κ1) is 20.6. The lowest BCUT2D eigenvalue weighted by Crippen LogP contribution is -2.32. The summed E-state index contributed by atoms with van der Waals surface area (Å²) in [6.45, 7) is 3.04. The van der Waals surface area contributed by atoms with Crippen molar-refractivity contribution in [2.45, 2.75) is 13.3 Å². The van der Waals surface area contributed by atoms with Crippen LogP contribution >= 0.6 is 34.5 Å². The number of hydrogen-bond donors (Lipinski definition) is 2. The van der Waals surface area contributed by atoms with Crippen molar-refractivity contribution in [1.29, 1.82) is 0 Å². The first-order chi connectivity index (χ1) is 12.3. The molecule has 0 saturated carbocycles. The molecule has 0 spiro atoms. The van der Waals surface area contributed by atoms with Crippen molar-refractivity contribution in [3.8, 4) is 11.3 Å². The van der Waals surface area contributed by atoms with Gasteiger partial charge in [0.15, 0.2) is 5.13 Å². The monoisotopic (exact) mass is 414 g/mol. The van der Waals surface area contributed by atoms with Crippen LogP contribution in [-0.4, -0.2) is 48.4 Å². The Morgan fingerprint density at radius 3 is 2.73 bits per heavy atom. The quantitative estimate of drug-likeness (QED) is 0.647. The summed E-state index contributed by atoms with van der Waals surface area (Å²) >= 11 is 13.3. The molecule has 0 saturated heterocycles. The van der Waals surface area contributed by atoms with E-state index in [0.29, 0.717) is 28.3 Å². The van der Waals surface area contributed by atoms with Gasteiger partial charge in [0.25, 0.3) is 0 Å². The van der Waals surface area contributed by atoms with Crippen molar-refractivity contribution >= 4 is 51.5 Å². The average molecular weight is 415 g/mol. The predicted octanol–water partition coefficient (Wildman–Crippen LogP) is 3.51. The summed E-state index contributed by atoms with van der Waals surface area (Å²) in [6.07, 6.45) is 0.780. The van der Waals surface area contributed by atoms with Gasteiger partial charge in [-0.15, -0.1) is 11.3 Å². The molecule has 9 heteroatoms. The van der Waals surface area contributed by atoms with E-state index in [9.17, 15) is 9.59 Å². The van der Waals surface area contributed by atoms with Gasteiger partial charge in [-0.05, 0) is 25.6 Å². The first-order valence-corrected chi connectivity index (χ1v) is 9.62. The summed E-state index contributed by atoms with van der Waals surface area (Å²) in [5.41, 5.74) is 1.57. The minimum atomic E-state index is -0.137. The number of nitrogens with zero attached hydrogens (tertiary/aromatic N) is 2. The Labute approximate surface area is 166 Å². The van der Waals surface area contributed by atoms with Crippen molar-refractivity contribution in [1.82, 2.24) is 15.2 Å². The molecule has 26 heavy (non-hydrogen) atoms. The lowest BCUT2D eigenvalue weighted by atomic mass is 10.2. The fraction of sp³-hybridized carbons (Fsp3) is 0.353. The zero-order valence-corrected chi connectivity index (χ0v) is 16.8. The molecule has 0 unspecified atom stereocenters. The van der Waals surface area contributed by atoms with E-state index in [1.807, 2.05) is 23.4 Å². The fourth-order valence-electron chi connectivity index (χ4n) is 2.22. The van der Waals surface area contributed by atoms with Gasteiger partial charge in [0.1, 0.15) is 0 Å². The van der Waals surface area contributed by atoms with Crippen LogP contribution in [0.3, 0.4) is 0 Å². The molecular formula is C17H20Cl2N4O2S. The van der Waals surface area contributed by atoms with Crippen LogP contribution in [-0.2, 0) is 9.59 Å². The SMILES string of the molecule is CC(=O)NCCCN(C)CC(=O)Nc1nc(-c2ccc(Cl)c(Cl)c2)cs1. The van der Waals surface area contributed by atoms with Gasteiger partial charge in [-0.25, -0.2) is 4.98 Å². The van der Waals surface area contributed by atoms with E-state index in [0.717, 1.165) is 17.7 Å². The minimum absolute atomic E-state index is 0.0491. The Bertz CT molecular complexity index is 782. The summed E-state index contributed by atoms with van der Waals surface area (Å²) in [7, 11) is 1.86. The summed E-state index contributed by atoms with van der Waals surface area (Å²) < 4.78 is 0.